The van der Waals surface area contributed by atoms with Crippen molar-refractivity contribution in [3.8, 4) is 0 Å². The molecule has 2 aliphatic rings. The van der Waals surface area contributed by atoms with E-state index >= 15 is 0 Å². The topological polar surface area (TPSA) is 52.7 Å². The third kappa shape index (κ3) is 5.47. The zero-order valence-corrected chi connectivity index (χ0v) is 18.4. The lowest BCUT2D eigenvalue weighted by atomic mass is 9.95. The molecule has 5 nitrogen and oxygen atoms in total. The Balaban J connectivity index is 1.33. The maximum Gasteiger partial charge on any atom is 0.246 e. The number of nitrogens with zero attached hydrogens (tertiary/aromatic N) is 2. The Morgan fingerprint density at radius 2 is 1.68 bits per heavy atom. The number of benzene rings is 2. The Bertz CT molecular complexity index is 946. The second-order valence-electron chi connectivity index (χ2n) is 8.19. The average molecular weight is 438 g/mol. The van der Waals surface area contributed by atoms with Gasteiger partial charge in [0.1, 0.15) is 0 Å². The Labute approximate surface area is 188 Å². The van der Waals surface area contributed by atoms with E-state index < -0.39 is 0 Å². The number of hydrogen-bond acceptors (Lipinski definition) is 3. The van der Waals surface area contributed by atoms with Crippen LogP contribution < -0.4 is 10.2 Å². The van der Waals surface area contributed by atoms with Crippen molar-refractivity contribution in [2.75, 3.05) is 36.4 Å². The third-order valence-corrected chi connectivity index (χ3v) is 6.29. The van der Waals surface area contributed by atoms with Gasteiger partial charge < -0.3 is 15.1 Å². The van der Waals surface area contributed by atoms with Gasteiger partial charge in [0.15, 0.2) is 0 Å². The number of carbonyl (C=O) groups is 2. The van der Waals surface area contributed by atoms with Crippen LogP contribution >= 0.6 is 11.6 Å². The molecule has 0 saturated carbocycles. The van der Waals surface area contributed by atoms with Crippen LogP contribution in [0.5, 0.6) is 0 Å². The summed E-state index contributed by atoms with van der Waals surface area (Å²) in [4.78, 5) is 29.5. The van der Waals surface area contributed by atoms with E-state index in [0.29, 0.717) is 31.0 Å². The molecule has 0 unspecified atom stereocenters. The van der Waals surface area contributed by atoms with Gasteiger partial charge >= 0.3 is 0 Å². The van der Waals surface area contributed by atoms with Gasteiger partial charge in [-0.15, -0.1) is 0 Å². The van der Waals surface area contributed by atoms with E-state index in [1.54, 1.807) is 6.08 Å². The molecule has 2 saturated heterocycles. The maximum absolute atomic E-state index is 12.9. The monoisotopic (exact) mass is 437 g/mol. The van der Waals surface area contributed by atoms with Crippen LogP contribution in [-0.4, -0.2) is 42.9 Å². The van der Waals surface area contributed by atoms with Crippen molar-refractivity contribution in [3.63, 3.8) is 0 Å². The maximum atomic E-state index is 12.9. The van der Waals surface area contributed by atoms with Gasteiger partial charge in [-0.25, -0.2) is 0 Å². The first kappa shape index (κ1) is 21.4. The summed E-state index contributed by atoms with van der Waals surface area (Å²) >= 11 is 6.20. The van der Waals surface area contributed by atoms with Crippen molar-refractivity contribution in [1.82, 2.24) is 4.90 Å². The Kier molecular flexibility index (Phi) is 6.92. The van der Waals surface area contributed by atoms with Gasteiger partial charge in [-0.3, -0.25) is 9.59 Å². The molecule has 2 heterocycles. The molecule has 2 fully saturated rings. The number of nitrogens with one attached hydrogen (secondary N) is 1. The standard InChI is InChI=1S/C25H28ClN3O2/c26-21-9-10-23(28-14-4-5-15-28)22(18-21)27-25(31)20-12-16-29(17-13-20)24(30)11-8-19-6-2-1-3-7-19/h1-3,6-11,18,20H,4-5,12-17H2,(H,27,31)/b11-8+. The largest absolute Gasteiger partial charge is 0.370 e. The van der Waals surface area contributed by atoms with Crippen LogP contribution in [-0.2, 0) is 9.59 Å². The summed E-state index contributed by atoms with van der Waals surface area (Å²) in [6.45, 7) is 3.18. The molecule has 31 heavy (non-hydrogen) atoms. The highest BCUT2D eigenvalue weighted by Crippen LogP contribution is 2.32. The number of amides is 2. The lowest BCUT2D eigenvalue weighted by molar-refractivity contribution is -0.130. The fourth-order valence-corrected chi connectivity index (χ4v) is 4.45. The van der Waals surface area contributed by atoms with Crippen LogP contribution in [0.25, 0.3) is 6.08 Å². The first-order chi connectivity index (χ1) is 15.1. The molecule has 2 aromatic carbocycles. The van der Waals surface area contributed by atoms with Crippen molar-refractivity contribution in [3.05, 3.63) is 65.2 Å². The highest BCUT2D eigenvalue weighted by Gasteiger charge is 2.27. The molecule has 0 spiro atoms. The number of rotatable bonds is 5. The van der Waals surface area contributed by atoms with Gasteiger partial charge in [0, 0.05) is 43.2 Å². The second kappa shape index (κ2) is 10.0. The number of hydrogen-bond donors (Lipinski definition) is 1. The van der Waals surface area contributed by atoms with E-state index in [1.807, 2.05) is 59.5 Å². The molecule has 2 aromatic rings. The number of anilines is 2. The number of piperidine rings is 1. The SMILES string of the molecule is O=C(Nc1cc(Cl)ccc1N1CCCC1)C1CCN(C(=O)/C=C/c2ccccc2)CC1. The predicted molar refractivity (Wildman–Crippen MR) is 126 cm³/mol. The molecule has 6 heteroatoms. The van der Waals surface area contributed by atoms with Crippen molar-refractivity contribution in [2.45, 2.75) is 25.7 Å². The quantitative estimate of drug-likeness (QED) is 0.681. The molecule has 0 bridgehead atoms. The normalized spacial score (nSPS) is 17.3. The lowest BCUT2D eigenvalue weighted by Crippen LogP contribution is -2.40. The van der Waals surface area contributed by atoms with E-state index in [2.05, 4.69) is 10.2 Å². The highest BCUT2D eigenvalue weighted by molar-refractivity contribution is 6.31. The first-order valence-corrected chi connectivity index (χ1v) is 11.4. The lowest BCUT2D eigenvalue weighted by Gasteiger charge is -2.31. The van der Waals surface area contributed by atoms with Crippen molar-refractivity contribution in [1.29, 1.82) is 0 Å². The van der Waals surface area contributed by atoms with Crippen LogP contribution in [0.4, 0.5) is 11.4 Å². The fourth-order valence-electron chi connectivity index (χ4n) is 4.28. The summed E-state index contributed by atoms with van der Waals surface area (Å²) in [6, 6.07) is 15.5. The Morgan fingerprint density at radius 1 is 0.968 bits per heavy atom. The van der Waals surface area contributed by atoms with Gasteiger partial charge in [0.25, 0.3) is 0 Å². The van der Waals surface area contributed by atoms with Gasteiger partial charge in [-0.1, -0.05) is 41.9 Å². The summed E-state index contributed by atoms with van der Waals surface area (Å²) in [6.07, 6.45) is 7.11. The molecule has 0 radical (unpaired) electrons. The van der Waals surface area contributed by atoms with Crippen LogP contribution in [0, 0.1) is 5.92 Å². The van der Waals surface area contributed by atoms with Crippen LogP contribution in [0.15, 0.2) is 54.6 Å². The molecule has 0 aliphatic carbocycles. The molecular weight excluding hydrogens is 410 g/mol. The minimum Gasteiger partial charge on any atom is -0.370 e. The zero-order valence-electron chi connectivity index (χ0n) is 17.6. The van der Waals surface area contributed by atoms with E-state index in [4.69, 9.17) is 11.6 Å². The predicted octanol–water partition coefficient (Wildman–Crippen LogP) is 4.83. The van der Waals surface area contributed by atoms with Crippen molar-refractivity contribution in [2.24, 2.45) is 5.92 Å². The van der Waals surface area contributed by atoms with E-state index in [9.17, 15) is 9.59 Å². The van der Waals surface area contributed by atoms with Crippen LogP contribution in [0.1, 0.15) is 31.2 Å². The Hall–Kier alpha value is -2.79. The molecule has 1 N–H and O–H groups in total. The molecule has 162 valence electrons. The van der Waals surface area contributed by atoms with E-state index in [1.165, 1.54) is 12.8 Å². The summed E-state index contributed by atoms with van der Waals surface area (Å²) in [5, 5.41) is 3.72. The summed E-state index contributed by atoms with van der Waals surface area (Å²) < 4.78 is 0. The molecule has 0 aromatic heterocycles. The van der Waals surface area contributed by atoms with E-state index in [0.717, 1.165) is 30.0 Å². The third-order valence-electron chi connectivity index (χ3n) is 6.06. The zero-order chi connectivity index (χ0) is 21.6. The summed E-state index contributed by atoms with van der Waals surface area (Å²) in [7, 11) is 0. The summed E-state index contributed by atoms with van der Waals surface area (Å²) in [5.41, 5.74) is 2.82. The number of carbonyl (C=O) groups excluding carboxylic acids is 2. The van der Waals surface area contributed by atoms with Gasteiger partial charge in [0.05, 0.1) is 11.4 Å². The van der Waals surface area contributed by atoms with Gasteiger partial charge in [-0.2, -0.15) is 0 Å². The van der Waals surface area contributed by atoms with Crippen LogP contribution in [0.2, 0.25) is 5.02 Å². The molecular formula is C25H28ClN3O2. The van der Waals surface area contributed by atoms with E-state index in [-0.39, 0.29) is 17.7 Å². The second-order valence-corrected chi connectivity index (χ2v) is 8.62. The van der Waals surface area contributed by atoms with Crippen LogP contribution in [0.3, 0.4) is 0 Å². The highest BCUT2D eigenvalue weighted by atomic mass is 35.5. The molecule has 4 rings (SSSR count). The Morgan fingerprint density at radius 3 is 2.39 bits per heavy atom. The molecule has 2 aliphatic heterocycles. The fraction of sp³-hybridized carbons (Fsp3) is 0.360. The van der Waals surface area contributed by atoms with Crippen molar-refractivity contribution >= 4 is 40.9 Å². The first-order valence-electron chi connectivity index (χ1n) is 11.0. The van der Waals surface area contributed by atoms with Gasteiger partial charge in [0.2, 0.25) is 11.8 Å². The average Bonchev–Trinajstić information content (AvgIpc) is 3.33. The smallest absolute Gasteiger partial charge is 0.246 e. The minimum atomic E-state index is -0.104. The summed E-state index contributed by atoms with van der Waals surface area (Å²) in [5.74, 6) is -0.101. The van der Waals surface area contributed by atoms with Crippen molar-refractivity contribution < 1.29 is 9.59 Å². The molecule has 0 atom stereocenters. The number of halogens is 1. The molecule has 2 amide bonds. The number of likely N-dealkylation sites (tertiary alicyclic amines) is 1. The van der Waals surface area contributed by atoms with Gasteiger partial charge in [-0.05, 0) is 55.5 Å². The minimum absolute atomic E-state index is 0.00567.